The molecule has 1 saturated heterocycles. The number of ether oxygens (including phenoxy) is 1. The van der Waals surface area contributed by atoms with Crippen molar-refractivity contribution in [1.82, 2.24) is 14.7 Å². The summed E-state index contributed by atoms with van der Waals surface area (Å²) in [6, 6.07) is 9.05. The third kappa shape index (κ3) is 5.73. The third-order valence-electron chi connectivity index (χ3n) is 5.55. The monoisotopic (exact) mass is 418 g/mol. The first-order chi connectivity index (χ1) is 13.9. The highest BCUT2D eigenvalue weighted by Gasteiger charge is 2.38. The van der Waals surface area contributed by atoms with Crippen LogP contribution in [0.1, 0.15) is 31.4 Å². The normalized spacial score (nSPS) is 15.9. The Kier molecular flexibility index (Phi) is 6.79. The Morgan fingerprint density at radius 2 is 1.90 bits per heavy atom. The summed E-state index contributed by atoms with van der Waals surface area (Å²) >= 11 is 5.91. The number of piperidine rings is 1. The van der Waals surface area contributed by atoms with Crippen LogP contribution >= 0.6 is 11.6 Å². The number of halogens is 1. The van der Waals surface area contributed by atoms with Crippen LogP contribution < -0.4 is 10.5 Å². The summed E-state index contributed by atoms with van der Waals surface area (Å²) in [6.07, 6.45) is 3.74. The Bertz CT molecular complexity index is 842. The van der Waals surface area contributed by atoms with Crippen molar-refractivity contribution in [3.8, 4) is 5.75 Å². The number of benzene rings is 1. The van der Waals surface area contributed by atoms with Crippen molar-refractivity contribution in [3.05, 3.63) is 47.2 Å². The van der Waals surface area contributed by atoms with Gasteiger partial charge in [-0.2, -0.15) is 5.10 Å². The second-order valence-electron chi connectivity index (χ2n) is 7.71. The summed E-state index contributed by atoms with van der Waals surface area (Å²) in [5.41, 5.74) is 6.18. The number of hydrogen-bond donors (Lipinski definition) is 1. The largest absolute Gasteiger partial charge is 0.493 e. The number of carbonyl (C=O) groups is 2. The van der Waals surface area contributed by atoms with Crippen LogP contribution in [0.2, 0.25) is 5.02 Å². The van der Waals surface area contributed by atoms with E-state index in [1.165, 1.54) is 0 Å². The van der Waals surface area contributed by atoms with E-state index in [9.17, 15) is 9.59 Å². The van der Waals surface area contributed by atoms with Gasteiger partial charge >= 0.3 is 0 Å². The predicted octanol–water partition coefficient (Wildman–Crippen LogP) is 2.80. The zero-order valence-corrected chi connectivity index (χ0v) is 17.4. The molecule has 0 aliphatic carbocycles. The zero-order valence-electron chi connectivity index (χ0n) is 16.6. The number of nitrogens with two attached hydrogens (primary N) is 1. The molecule has 156 valence electrons. The number of likely N-dealkylation sites (tertiary alicyclic amines) is 1. The molecule has 0 spiro atoms. The van der Waals surface area contributed by atoms with Gasteiger partial charge in [-0.05, 0) is 50.1 Å². The van der Waals surface area contributed by atoms with Gasteiger partial charge in [0.1, 0.15) is 5.75 Å². The minimum atomic E-state index is -0.360. The number of carbonyl (C=O) groups excluding carboxylic acids is 2. The molecule has 2 aromatic rings. The highest BCUT2D eigenvalue weighted by atomic mass is 35.5. The maximum absolute atomic E-state index is 12.6. The number of amides is 2. The average Bonchev–Trinajstić information content (AvgIpc) is 3.11. The van der Waals surface area contributed by atoms with Crippen molar-refractivity contribution in [1.29, 1.82) is 0 Å². The van der Waals surface area contributed by atoms with Crippen LogP contribution in [0, 0.1) is 12.3 Å². The van der Waals surface area contributed by atoms with E-state index in [0.29, 0.717) is 56.3 Å². The van der Waals surface area contributed by atoms with E-state index in [4.69, 9.17) is 22.1 Å². The molecule has 0 unspecified atom stereocenters. The molecular weight excluding hydrogens is 392 g/mol. The van der Waals surface area contributed by atoms with Crippen LogP contribution in [0.4, 0.5) is 0 Å². The summed E-state index contributed by atoms with van der Waals surface area (Å²) in [4.78, 5) is 26.1. The molecule has 2 heterocycles. The molecule has 7 nitrogen and oxygen atoms in total. The second-order valence-corrected chi connectivity index (χ2v) is 8.15. The lowest BCUT2D eigenvalue weighted by Crippen LogP contribution is -2.47. The average molecular weight is 419 g/mol. The Labute approximate surface area is 175 Å². The van der Waals surface area contributed by atoms with E-state index in [2.05, 4.69) is 5.10 Å². The molecule has 3 rings (SSSR count). The first kappa shape index (κ1) is 21.2. The minimum absolute atomic E-state index is 0.103. The van der Waals surface area contributed by atoms with Crippen molar-refractivity contribution < 1.29 is 14.3 Å². The summed E-state index contributed by atoms with van der Waals surface area (Å²) in [5.74, 6) is 0.455. The molecule has 1 aromatic heterocycles. The van der Waals surface area contributed by atoms with Crippen molar-refractivity contribution in [2.45, 2.75) is 39.2 Å². The molecule has 29 heavy (non-hydrogen) atoms. The van der Waals surface area contributed by atoms with Gasteiger partial charge < -0.3 is 15.4 Å². The van der Waals surface area contributed by atoms with Crippen LogP contribution in [-0.4, -0.2) is 46.2 Å². The van der Waals surface area contributed by atoms with Crippen LogP contribution in [0.5, 0.6) is 5.75 Å². The molecular formula is C21H27ClN4O3. The fraction of sp³-hybridized carbons (Fsp3) is 0.476. The molecule has 8 heteroatoms. The van der Waals surface area contributed by atoms with Crippen LogP contribution in [0.3, 0.4) is 0 Å². The number of aryl methyl sites for hydroxylation is 2. The smallest absolute Gasteiger partial charge is 0.224 e. The summed E-state index contributed by atoms with van der Waals surface area (Å²) in [5, 5.41) is 4.86. The van der Waals surface area contributed by atoms with Gasteiger partial charge in [-0.15, -0.1) is 0 Å². The second kappa shape index (κ2) is 9.31. The fourth-order valence-electron chi connectivity index (χ4n) is 3.73. The molecule has 0 saturated carbocycles. The van der Waals surface area contributed by atoms with Gasteiger partial charge in [-0.3, -0.25) is 14.3 Å². The van der Waals surface area contributed by atoms with E-state index >= 15 is 0 Å². The van der Waals surface area contributed by atoms with E-state index in [0.717, 1.165) is 5.69 Å². The minimum Gasteiger partial charge on any atom is -0.493 e. The highest BCUT2D eigenvalue weighted by Crippen LogP contribution is 2.36. The SMILES string of the molecule is Cc1ccnn1CCC(=O)N1CCC(COc2ccc(Cl)cc2)(CC(N)=O)CC1. The first-order valence-electron chi connectivity index (χ1n) is 9.80. The lowest BCUT2D eigenvalue weighted by atomic mass is 9.76. The van der Waals surface area contributed by atoms with Crippen LogP contribution in [0.25, 0.3) is 0 Å². The Hall–Kier alpha value is -2.54. The Balaban J connectivity index is 1.55. The molecule has 0 atom stereocenters. The maximum Gasteiger partial charge on any atom is 0.224 e. The fourth-order valence-corrected chi connectivity index (χ4v) is 3.86. The van der Waals surface area contributed by atoms with E-state index in [1.807, 2.05) is 22.6 Å². The van der Waals surface area contributed by atoms with Gasteiger partial charge in [0.2, 0.25) is 11.8 Å². The Morgan fingerprint density at radius 3 is 2.48 bits per heavy atom. The zero-order chi connectivity index (χ0) is 20.9. The van der Waals surface area contributed by atoms with Crippen molar-refractivity contribution in [3.63, 3.8) is 0 Å². The van der Waals surface area contributed by atoms with Crippen molar-refractivity contribution in [2.24, 2.45) is 11.1 Å². The lowest BCUT2D eigenvalue weighted by molar-refractivity contribution is -0.134. The number of nitrogens with zero attached hydrogens (tertiary/aromatic N) is 3. The van der Waals surface area contributed by atoms with Crippen LogP contribution in [-0.2, 0) is 16.1 Å². The molecule has 1 aliphatic heterocycles. The van der Waals surface area contributed by atoms with Gasteiger partial charge in [-0.25, -0.2) is 0 Å². The van der Waals surface area contributed by atoms with Crippen LogP contribution in [0.15, 0.2) is 36.5 Å². The topological polar surface area (TPSA) is 90.4 Å². The van der Waals surface area contributed by atoms with Crippen molar-refractivity contribution >= 4 is 23.4 Å². The standard InChI is InChI=1S/C21H27ClN4O3/c1-16-6-10-24-26(16)11-7-20(28)25-12-8-21(9-13-25,14-19(23)27)15-29-18-4-2-17(22)3-5-18/h2-6,10H,7-9,11-15H2,1H3,(H2,23,27). The Morgan fingerprint density at radius 1 is 1.21 bits per heavy atom. The molecule has 1 aromatic carbocycles. The van der Waals surface area contributed by atoms with Gasteiger partial charge in [0.05, 0.1) is 6.61 Å². The summed E-state index contributed by atoms with van der Waals surface area (Å²) in [7, 11) is 0. The van der Waals surface area contributed by atoms with Gasteiger partial charge in [-0.1, -0.05) is 11.6 Å². The summed E-state index contributed by atoms with van der Waals surface area (Å²) in [6.45, 7) is 4.10. The molecule has 0 bridgehead atoms. The number of hydrogen-bond acceptors (Lipinski definition) is 4. The molecule has 0 radical (unpaired) electrons. The highest BCUT2D eigenvalue weighted by molar-refractivity contribution is 6.30. The molecule has 1 fully saturated rings. The predicted molar refractivity (Wildman–Crippen MR) is 111 cm³/mol. The number of primary amides is 1. The number of aromatic nitrogens is 2. The lowest BCUT2D eigenvalue weighted by Gasteiger charge is -2.41. The number of rotatable bonds is 8. The molecule has 2 amide bonds. The van der Waals surface area contributed by atoms with Crippen molar-refractivity contribution in [2.75, 3.05) is 19.7 Å². The van der Waals surface area contributed by atoms with Gasteiger partial charge in [0, 0.05) is 54.8 Å². The molecule has 1 aliphatic rings. The van der Waals surface area contributed by atoms with Gasteiger partial charge in [0.15, 0.2) is 0 Å². The quantitative estimate of drug-likeness (QED) is 0.713. The van der Waals surface area contributed by atoms with Gasteiger partial charge in [0.25, 0.3) is 0 Å². The van der Waals surface area contributed by atoms with E-state index in [1.54, 1.807) is 30.5 Å². The first-order valence-corrected chi connectivity index (χ1v) is 10.2. The van der Waals surface area contributed by atoms with E-state index in [-0.39, 0.29) is 23.7 Å². The van der Waals surface area contributed by atoms with E-state index < -0.39 is 0 Å². The third-order valence-corrected chi connectivity index (χ3v) is 5.80. The molecule has 2 N–H and O–H groups in total. The maximum atomic E-state index is 12.6. The summed E-state index contributed by atoms with van der Waals surface area (Å²) < 4.78 is 7.76.